The third-order valence-corrected chi connectivity index (χ3v) is 3.95. The lowest BCUT2D eigenvalue weighted by Crippen LogP contribution is -2.17. The van der Waals surface area contributed by atoms with Crippen molar-refractivity contribution in [1.29, 1.82) is 0 Å². The molecule has 2 N–H and O–H groups in total. The average Bonchev–Trinajstić information content (AvgIpc) is 2.37. The van der Waals surface area contributed by atoms with Gasteiger partial charge in [0.25, 0.3) is 15.6 Å². The van der Waals surface area contributed by atoms with Gasteiger partial charge in [0.2, 0.25) is 0 Å². The number of benzene rings is 1. The lowest BCUT2D eigenvalue weighted by Gasteiger charge is -2.09. The molecule has 0 saturated heterocycles. The number of pyridine rings is 1. The molecule has 5 nitrogen and oxygen atoms in total. The first-order chi connectivity index (χ1) is 9.31. The van der Waals surface area contributed by atoms with Crippen LogP contribution in [0.15, 0.2) is 40.2 Å². The number of para-hydroxylation sites is 1. The van der Waals surface area contributed by atoms with Crippen molar-refractivity contribution in [2.75, 3.05) is 4.72 Å². The molecule has 0 amide bonds. The number of H-pyrrole nitrogens is 1. The van der Waals surface area contributed by atoms with Crippen molar-refractivity contribution in [3.05, 3.63) is 57.5 Å². The minimum Gasteiger partial charge on any atom is -0.326 e. The highest BCUT2D eigenvalue weighted by Crippen LogP contribution is 2.22. The Labute approximate surface area is 117 Å². The Kier molecular flexibility index (Phi) is 3.78. The molecule has 0 atom stereocenters. The Bertz CT molecular complexity index is 800. The molecule has 0 fully saturated rings. The maximum Gasteiger partial charge on any atom is 0.266 e. The molecule has 0 spiro atoms. The molecule has 0 bridgehead atoms. The minimum absolute atomic E-state index is 0.359. The molecule has 0 saturated carbocycles. The van der Waals surface area contributed by atoms with Crippen molar-refractivity contribution in [3.63, 3.8) is 0 Å². The van der Waals surface area contributed by atoms with Crippen molar-refractivity contribution in [2.45, 2.75) is 4.90 Å². The maximum absolute atomic E-state index is 13.4. The van der Waals surface area contributed by atoms with E-state index in [0.29, 0.717) is 0 Å². The zero-order chi connectivity index (χ0) is 14.9. The summed E-state index contributed by atoms with van der Waals surface area (Å²) in [6.07, 6.45) is 0.870. The SMILES string of the molecule is O=c1[nH]cc(S(=O)(=O)Nc2c(F)cccc2F)cc1Cl. The highest BCUT2D eigenvalue weighted by Gasteiger charge is 2.20. The normalized spacial score (nSPS) is 11.3. The molecule has 1 aromatic heterocycles. The van der Waals surface area contributed by atoms with E-state index in [4.69, 9.17) is 11.6 Å². The first-order valence-electron chi connectivity index (χ1n) is 5.16. The second kappa shape index (κ2) is 5.22. The average molecular weight is 321 g/mol. The molecular weight excluding hydrogens is 314 g/mol. The molecule has 2 rings (SSSR count). The largest absolute Gasteiger partial charge is 0.326 e. The predicted octanol–water partition coefficient (Wildman–Crippen LogP) is 2.11. The first kappa shape index (κ1) is 14.5. The van der Waals surface area contributed by atoms with E-state index < -0.39 is 37.8 Å². The standard InChI is InChI=1S/C11H7ClF2N2O3S/c12-7-4-6(5-15-11(7)17)20(18,19)16-10-8(13)2-1-3-9(10)14/h1-5,16H,(H,15,17). The van der Waals surface area contributed by atoms with Crippen LogP contribution in [0.25, 0.3) is 0 Å². The van der Waals surface area contributed by atoms with E-state index in [2.05, 4.69) is 4.98 Å². The number of aromatic nitrogens is 1. The summed E-state index contributed by atoms with van der Waals surface area (Å²) in [6, 6.07) is 3.78. The summed E-state index contributed by atoms with van der Waals surface area (Å²) >= 11 is 5.50. The van der Waals surface area contributed by atoms with Crippen LogP contribution in [0.1, 0.15) is 0 Å². The fourth-order valence-corrected chi connectivity index (χ4v) is 2.69. The van der Waals surface area contributed by atoms with Crippen molar-refractivity contribution < 1.29 is 17.2 Å². The van der Waals surface area contributed by atoms with Gasteiger partial charge in [0, 0.05) is 6.20 Å². The summed E-state index contributed by atoms with van der Waals surface area (Å²) in [5, 5.41) is -0.359. The molecule has 1 aromatic carbocycles. The van der Waals surface area contributed by atoms with E-state index in [-0.39, 0.29) is 5.02 Å². The Morgan fingerprint density at radius 2 is 1.80 bits per heavy atom. The van der Waals surface area contributed by atoms with Crippen LogP contribution >= 0.6 is 11.6 Å². The summed E-state index contributed by atoms with van der Waals surface area (Å²) in [4.78, 5) is 12.7. The van der Waals surface area contributed by atoms with Crippen LogP contribution in [0.3, 0.4) is 0 Å². The van der Waals surface area contributed by atoms with E-state index in [0.717, 1.165) is 30.5 Å². The van der Waals surface area contributed by atoms with E-state index in [1.165, 1.54) is 0 Å². The van der Waals surface area contributed by atoms with E-state index in [9.17, 15) is 22.0 Å². The number of sulfonamides is 1. The predicted molar refractivity (Wildman–Crippen MR) is 69.2 cm³/mol. The van der Waals surface area contributed by atoms with E-state index in [1.807, 2.05) is 0 Å². The zero-order valence-electron chi connectivity index (χ0n) is 9.65. The van der Waals surface area contributed by atoms with Crippen LogP contribution in [0.5, 0.6) is 0 Å². The van der Waals surface area contributed by atoms with Gasteiger partial charge >= 0.3 is 0 Å². The molecule has 2 aromatic rings. The Morgan fingerprint density at radius 3 is 2.35 bits per heavy atom. The van der Waals surface area contributed by atoms with Gasteiger partial charge in [-0.3, -0.25) is 9.52 Å². The van der Waals surface area contributed by atoms with Crippen molar-refractivity contribution in [2.24, 2.45) is 0 Å². The fourth-order valence-electron chi connectivity index (χ4n) is 1.38. The highest BCUT2D eigenvalue weighted by atomic mass is 35.5. The minimum atomic E-state index is -4.28. The van der Waals surface area contributed by atoms with Crippen molar-refractivity contribution in [3.8, 4) is 0 Å². The van der Waals surface area contributed by atoms with Gasteiger partial charge in [-0.1, -0.05) is 17.7 Å². The number of hydrogen-bond acceptors (Lipinski definition) is 3. The number of nitrogens with one attached hydrogen (secondary N) is 2. The highest BCUT2D eigenvalue weighted by molar-refractivity contribution is 7.92. The molecule has 0 aliphatic carbocycles. The van der Waals surface area contributed by atoms with Gasteiger partial charge in [-0.15, -0.1) is 0 Å². The van der Waals surface area contributed by atoms with Gasteiger partial charge < -0.3 is 4.98 Å². The van der Waals surface area contributed by atoms with E-state index >= 15 is 0 Å². The van der Waals surface area contributed by atoms with Crippen LogP contribution in [0.2, 0.25) is 5.02 Å². The lowest BCUT2D eigenvalue weighted by atomic mass is 10.3. The van der Waals surface area contributed by atoms with Crippen molar-refractivity contribution in [1.82, 2.24) is 4.98 Å². The monoisotopic (exact) mass is 320 g/mol. The summed E-state index contributed by atoms with van der Waals surface area (Å²) < 4.78 is 52.4. The Balaban J connectivity index is 2.46. The van der Waals surface area contributed by atoms with Gasteiger partial charge in [0.1, 0.15) is 27.2 Å². The van der Waals surface area contributed by atoms with Crippen LogP contribution in [-0.4, -0.2) is 13.4 Å². The number of aromatic amines is 1. The molecule has 106 valence electrons. The topological polar surface area (TPSA) is 79.0 Å². The lowest BCUT2D eigenvalue weighted by molar-refractivity contribution is 0.582. The summed E-state index contributed by atoms with van der Waals surface area (Å²) in [7, 11) is -4.28. The third kappa shape index (κ3) is 2.81. The first-order valence-corrected chi connectivity index (χ1v) is 7.02. The molecule has 1 heterocycles. The Morgan fingerprint density at radius 1 is 1.20 bits per heavy atom. The van der Waals surface area contributed by atoms with Crippen LogP contribution in [0.4, 0.5) is 14.5 Å². The van der Waals surface area contributed by atoms with E-state index in [1.54, 1.807) is 4.72 Å². The van der Waals surface area contributed by atoms with Gasteiger partial charge in [0.15, 0.2) is 0 Å². The van der Waals surface area contributed by atoms with Crippen molar-refractivity contribution >= 4 is 27.3 Å². The van der Waals surface area contributed by atoms with Gasteiger partial charge in [-0.2, -0.15) is 0 Å². The van der Waals surface area contributed by atoms with Crippen LogP contribution in [-0.2, 0) is 10.0 Å². The number of halogens is 3. The van der Waals surface area contributed by atoms with Gasteiger partial charge in [-0.05, 0) is 18.2 Å². The third-order valence-electron chi connectivity index (χ3n) is 2.34. The summed E-state index contributed by atoms with van der Waals surface area (Å²) in [5.74, 6) is -2.13. The second-order valence-corrected chi connectivity index (χ2v) is 5.80. The smallest absolute Gasteiger partial charge is 0.266 e. The van der Waals surface area contributed by atoms with Gasteiger partial charge in [0.05, 0.1) is 0 Å². The van der Waals surface area contributed by atoms with Crippen LogP contribution < -0.4 is 10.3 Å². The molecule has 0 radical (unpaired) electrons. The molecular formula is C11H7ClF2N2O3S. The fraction of sp³-hybridized carbons (Fsp3) is 0. The molecule has 0 unspecified atom stereocenters. The summed E-state index contributed by atoms with van der Waals surface area (Å²) in [5.41, 5.74) is -1.49. The second-order valence-electron chi connectivity index (χ2n) is 3.71. The number of hydrogen-bond donors (Lipinski definition) is 2. The maximum atomic E-state index is 13.4. The molecule has 0 aliphatic rings. The Hall–Kier alpha value is -1.93. The van der Waals surface area contributed by atoms with Gasteiger partial charge in [-0.25, -0.2) is 17.2 Å². The van der Waals surface area contributed by atoms with Crippen LogP contribution in [0, 0.1) is 11.6 Å². The zero-order valence-corrected chi connectivity index (χ0v) is 11.2. The molecule has 0 aliphatic heterocycles. The molecule has 9 heteroatoms. The molecule has 20 heavy (non-hydrogen) atoms. The summed E-state index contributed by atoms with van der Waals surface area (Å²) in [6.45, 7) is 0. The number of rotatable bonds is 3. The number of anilines is 1. The quantitative estimate of drug-likeness (QED) is 0.909.